The Morgan fingerprint density at radius 2 is 2.24 bits per heavy atom. The summed E-state index contributed by atoms with van der Waals surface area (Å²) in [6.45, 7) is 0. The van der Waals surface area contributed by atoms with E-state index in [0.29, 0.717) is 12.8 Å². The average Bonchev–Trinajstić information content (AvgIpc) is 2.85. The van der Waals surface area contributed by atoms with Gasteiger partial charge in [0.1, 0.15) is 0 Å². The monoisotopic (exact) mass is 254 g/mol. The fourth-order valence-corrected chi connectivity index (χ4v) is 3.23. The van der Waals surface area contributed by atoms with Crippen LogP contribution >= 0.6 is 11.3 Å². The minimum atomic E-state index is -0.820. The van der Waals surface area contributed by atoms with Crippen LogP contribution in [0.5, 0.6) is 0 Å². The molecule has 17 heavy (non-hydrogen) atoms. The van der Waals surface area contributed by atoms with Gasteiger partial charge in [0.15, 0.2) is 0 Å². The first-order valence-corrected chi connectivity index (χ1v) is 6.45. The molecule has 1 saturated carbocycles. The molecule has 0 amide bonds. The zero-order valence-corrected chi connectivity index (χ0v) is 10.0. The molecule has 3 atom stereocenters. The molecule has 1 aliphatic rings. The van der Waals surface area contributed by atoms with Gasteiger partial charge in [-0.25, -0.2) is 0 Å². The number of aliphatic carboxylic acids is 2. The Bertz CT molecular complexity index is 412. The Hall–Kier alpha value is -1.36. The Morgan fingerprint density at radius 1 is 1.47 bits per heavy atom. The third kappa shape index (κ3) is 2.85. The van der Waals surface area contributed by atoms with Crippen molar-refractivity contribution >= 4 is 23.3 Å². The van der Waals surface area contributed by atoms with Crippen molar-refractivity contribution in [2.75, 3.05) is 0 Å². The van der Waals surface area contributed by atoms with E-state index in [4.69, 9.17) is 10.2 Å². The highest BCUT2D eigenvalue weighted by Gasteiger charge is 2.48. The van der Waals surface area contributed by atoms with Crippen LogP contribution in [0.25, 0.3) is 0 Å². The molecule has 5 heteroatoms. The van der Waals surface area contributed by atoms with Crippen molar-refractivity contribution in [3.63, 3.8) is 0 Å². The van der Waals surface area contributed by atoms with Gasteiger partial charge in [0.25, 0.3) is 0 Å². The summed E-state index contributed by atoms with van der Waals surface area (Å²) in [5, 5.41) is 19.6. The molecule has 1 aliphatic carbocycles. The van der Waals surface area contributed by atoms with Crippen molar-refractivity contribution in [1.29, 1.82) is 0 Å². The standard InChI is InChI=1S/C12H14O4S/c13-11(14)4-3-7(10-2-1-5-17-10)8-6-9(8)12(15)16/h1-2,5,7-9H,3-4,6H2,(H,13,14)(H,15,16). The molecule has 2 N–H and O–H groups in total. The van der Waals surface area contributed by atoms with Gasteiger partial charge in [-0.3, -0.25) is 9.59 Å². The summed E-state index contributed by atoms with van der Waals surface area (Å²) >= 11 is 1.58. The van der Waals surface area contributed by atoms with Crippen LogP contribution in [0.4, 0.5) is 0 Å². The first kappa shape index (κ1) is 12.1. The average molecular weight is 254 g/mol. The van der Waals surface area contributed by atoms with Crippen LogP contribution in [0.1, 0.15) is 30.1 Å². The normalized spacial score (nSPS) is 24.2. The van der Waals surface area contributed by atoms with E-state index in [0.717, 1.165) is 4.88 Å². The Kier molecular flexibility index (Phi) is 3.47. The van der Waals surface area contributed by atoms with E-state index in [9.17, 15) is 9.59 Å². The molecule has 0 bridgehead atoms. The summed E-state index contributed by atoms with van der Waals surface area (Å²) in [6, 6.07) is 3.89. The lowest BCUT2D eigenvalue weighted by atomic mass is 9.94. The molecule has 0 saturated heterocycles. The van der Waals surface area contributed by atoms with Gasteiger partial charge in [0.05, 0.1) is 5.92 Å². The van der Waals surface area contributed by atoms with Gasteiger partial charge in [-0.1, -0.05) is 6.07 Å². The molecule has 0 aliphatic heterocycles. The van der Waals surface area contributed by atoms with Crippen molar-refractivity contribution in [3.05, 3.63) is 22.4 Å². The lowest BCUT2D eigenvalue weighted by Crippen LogP contribution is -2.08. The highest BCUT2D eigenvalue weighted by molar-refractivity contribution is 7.10. The van der Waals surface area contributed by atoms with Gasteiger partial charge in [0.2, 0.25) is 0 Å². The van der Waals surface area contributed by atoms with E-state index in [1.54, 1.807) is 11.3 Å². The van der Waals surface area contributed by atoms with E-state index in [1.807, 2.05) is 17.5 Å². The molecule has 0 spiro atoms. The number of carbonyl (C=O) groups is 2. The van der Waals surface area contributed by atoms with E-state index >= 15 is 0 Å². The minimum absolute atomic E-state index is 0.0900. The van der Waals surface area contributed by atoms with E-state index in [2.05, 4.69) is 0 Å². The molecule has 1 heterocycles. The second-order valence-electron chi connectivity index (χ2n) is 4.40. The zero-order valence-electron chi connectivity index (χ0n) is 9.20. The van der Waals surface area contributed by atoms with Gasteiger partial charge < -0.3 is 10.2 Å². The van der Waals surface area contributed by atoms with Crippen LogP contribution in [-0.2, 0) is 9.59 Å². The van der Waals surface area contributed by atoms with Crippen molar-refractivity contribution in [2.24, 2.45) is 11.8 Å². The molecule has 3 unspecified atom stereocenters. The molecule has 92 valence electrons. The third-order valence-electron chi connectivity index (χ3n) is 3.25. The lowest BCUT2D eigenvalue weighted by molar-refractivity contribution is -0.139. The van der Waals surface area contributed by atoms with Gasteiger partial charge in [-0.15, -0.1) is 11.3 Å². The Balaban J connectivity index is 2.04. The molecule has 2 rings (SSSR count). The second-order valence-corrected chi connectivity index (χ2v) is 5.38. The Labute approximate surface area is 103 Å². The zero-order chi connectivity index (χ0) is 12.4. The highest BCUT2D eigenvalue weighted by Crippen LogP contribution is 2.51. The van der Waals surface area contributed by atoms with Gasteiger partial charge in [-0.05, 0) is 36.1 Å². The van der Waals surface area contributed by atoms with Gasteiger partial charge >= 0.3 is 11.9 Å². The van der Waals surface area contributed by atoms with Crippen LogP contribution < -0.4 is 0 Å². The number of hydrogen-bond donors (Lipinski definition) is 2. The molecule has 4 nitrogen and oxygen atoms in total. The quantitative estimate of drug-likeness (QED) is 0.817. The van der Waals surface area contributed by atoms with Crippen molar-refractivity contribution in [1.82, 2.24) is 0 Å². The fraction of sp³-hybridized carbons (Fsp3) is 0.500. The van der Waals surface area contributed by atoms with E-state index < -0.39 is 11.9 Å². The van der Waals surface area contributed by atoms with Crippen molar-refractivity contribution in [3.8, 4) is 0 Å². The molecular formula is C12H14O4S. The van der Waals surface area contributed by atoms with Crippen LogP contribution in [0.2, 0.25) is 0 Å². The molecule has 1 aromatic heterocycles. The maximum absolute atomic E-state index is 10.9. The maximum Gasteiger partial charge on any atom is 0.306 e. The molecule has 1 aromatic rings. The number of thiophene rings is 1. The van der Waals surface area contributed by atoms with Crippen LogP contribution in [-0.4, -0.2) is 22.2 Å². The number of carboxylic acid groups (broad SMARTS) is 2. The first-order valence-electron chi connectivity index (χ1n) is 5.57. The molecule has 0 radical (unpaired) electrons. The van der Waals surface area contributed by atoms with Crippen molar-refractivity contribution < 1.29 is 19.8 Å². The second kappa shape index (κ2) is 4.87. The lowest BCUT2D eigenvalue weighted by Gasteiger charge is -2.13. The fourth-order valence-electron chi connectivity index (χ4n) is 2.29. The molecule has 0 aromatic carbocycles. The summed E-state index contributed by atoms with van der Waals surface area (Å²) in [7, 11) is 0. The number of hydrogen-bond acceptors (Lipinski definition) is 3. The smallest absolute Gasteiger partial charge is 0.306 e. The number of carboxylic acids is 2. The van der Waals surface area contributed by atoms with E-state index in [-0.39, 0.29) is 24.2 Å². The number of rotatable bonds is 6. The summed E-state index contributed by atoms with van der Waals surface area (Å²) < 4.78 is 0. The summed E-state index contributed by atoms with van der Waals surface area (Å²) in [4.78, 5) is 22.6. The predicted octanol–water partition coefficient (Wildman–Crippen LogP) is 2.42. The van der Waals surface area contributed by atoms with Gasteiger partial charge in [-0.2, -0.15) is 0 Å². The highest BCUT2D eigenvalue weighted by atomic mass is 32.1. The van der Waals surface area contributed by atoms with Crippen LogP contribution in [0.15, 0.2) is 17.5 Å². The van der Waals surface area contributed by atoms with Crippen molar-refractivity contribution in [2.45, 2.75) is 25.2 Å². The summed E-state index contributed by atoms with van der Waals surface area (Å²) in [5.74, 6) is -1.65. The molecular weight excluding hydrogens is 240 g/mol. The van der Waals surface area contributed by atoms with Crippen LogP contribution in [0, 0.1) is 11.8 Å². The van der Waals surface area contributed by atoms with Gasteiger partial charge in [0, 0.05) is 11.3 Å². The maximum atomic E-state index is 10.9. The SMILES string of the molecule is O=C(O)CCC(c1cccs1)C1CC1C(=O)O. The third-order valence-corrected chi connectivity index (χ3v) is 4.26. The minimum Gasteiger partial charge on any atom is -0.481 e. The predicted molar refractivity (Wildman–Crippen MR) is 63.2 cm³/mol. The topological polar surface area (TPSA) is 74.6 Å². The summed E-state index contributed by atoms with van der Waals surface area (Å²) in [5.41, 5.74) is 0. The summed E-state index contributed by atoms with van der Waals surface area (Å²) in [6.07, 6.45) is 1.31. The van der Waals surface area contributed by atoms with E-state index in [1.165, 1.54) is 0 Å². The largest absolute Gasteiger partial charge is 0.481 e. The molecule has 1 fully saturated rings. The Morgan fingerprint density at radius 3 is 2.71 bits per heavy atom. The van der Waals surface area contributed by atoms with Crippen LogP contribution in [0.3, 0.4) is 0 Å². The first-order chi connectivity index (χ1) is 8.09.